The van der Waals surface area contributed by atoms with Crippen LogP contribution in [0.3, 0.4) is 0 Å². The summed E-state index contributed by atoms with van der Waals surface area (Å²) in [4.78, 5) is 39.0. The fraction of sp³-hybridized carbons (Fsp3) is 0.0833. The van der Waals surface area contributed by atoms with E-state index in [2.05, 4.69) is 10.4 Å². The van der Waals surface area contributed by atoms with E-state index in [9.17, 15) is 14.4 Å². The second kappa shape index (κ2) is 9.49. The van der Waals surface area contributed by atoms with Gasteiger partial charge in [-0.2, -0.15) is 9.78 Å². The number of aromatic nitrogens is 2. The number of fused-ring (bicyclic) bond motifs is 1. The minimum absolute atomic E-state index is 0.0405. The molecule has 4 rings (SSSR count). The summed E-state index contributed by atoms with van der Waals surface area (Å²) >= 11 is 1.55. The molecule has 0 bridgehead atoms. The van der Waals surface area contributed by atoms with Gasteiger partial charge in [0.15, 0.2) is 12.3 Å². The SMILES string of the molecule is CSc1cccc(NC(=O)COC(=O)c2nn(-c3ccccc3)c(=O)c3ccccc23)c1. The average molecular weight is 446 g/mol. The van der Waals surface area contributed by atoms with Crippen molar-refractivity contribution in [2.75, 3.05) is 18.2 Å². The van der Waals surface area contributed by atoms with Crippen molar-refractivity contribution in [2.24, 2.45) is 0 Å². The van der Waals surface area contributed by atoms with Crippen LogP contribution in [0.4, 0.5) is 5.69 Å². The first kappa shape index (κ1) is 21.3. The third-order valence-corrected chi connectivity index (χ3v) is 5.41. The normalized spacial score (nSPS) is 10.7. The predicted octanol–water partition coefficient (Wildman–Crippen LogP) is 3.90. The molecule has 1 N–H and O–H groups in total. The van der Waals surface area contributed by atoms with Gasteiger partial charge in [0.1, 0.15) is 0 Å². The standard InChI is InChI=1S/C24H19N3O4S/c1-32-18-11-7-8-16(14-18)25-21(28)15-31-24(30)22-19-12-5-6-13-20(19)23(29)27(26-22)17-9-3-2-4-10-17/h2-14H,15H2,1H3,(H,25,28). The molecule has 0 atom stereocenters. The third-order valence-electron chi connectivity index (χ3n) is 4.69. The first-order valence-corrected chi connectivity index (χ1v) is 11.0. The Morgan fingerprint density at radius 1 is 0.969 bits per heavy atom. The quantitative estimate of drug-likeness (QED) is 0.358. The van der Waals surface area contributed by atoms with E-state index in [-0.39, 0.29) is 11.3 Å². The number of nitrogens with zero attached hydrogens (tertiary/aromatic N) is 2. The van der Waals surface area contributed by atoms with E-state index in [1.54, 1.807) is 66.4 Å². The molecule has 4 aromatic rings. The lowest BCUT2D eigenvalue weighted by Crippen LogP contribution is -2.26. The van der Waals surface area contributed by atoms with Gasteiger partial charge in [-0.1, -0.05) is 42.5 Å². The van der Waals surface area contributed by atoms with Gasteiger partial charge >= 0.3 is 5.97 Å². The number of nitrogens with one attached hydrogen (secondary N) is 1. The molecule has 8 heteroatoms. The summed E-state index contributed by atoms with van der Waals surface area (Å²) in [6.45, 7) is -0.483. The lowest BCUT2D eigenvalue weighted by Gasteiger charge is -2.11. The molecule has 0 saturated carbocycles. The van der Waals surface area contributed by atoms with Crippen molar-refractivity contribution in [2.45, 2.75) is 4.90 Å². The molecule has 7 nitrogen and oxygen atoms in total. The second-order valence-electron chi connectivity index (χ2n) is 6.80. The van der Waals surface area contributed by atoms with Crippen LogP contribution < -0.4 is 10.9 Å². The van der Waals surface area contributed by atoms with Gasteiger partial charge in [0, 0.05) is 16.0 Å². The molecule has 3 aromatic carbocycles. The van der Waals surface area contributed by atoms with Gasteiger partial charge in [0.05, 0.1) is 11.1 Å². The summed E-state index contributed by atoms with van der Waals surface area (Å²) < 4.78 is 6.38. The number of amides is 1. The maximum absolute atomic E-state index is 12.9. The summed E-state index contributed by atoms with van der Waals surface area (Å²) in [5.74, 6) is -1.27. The van der Waals surface area contributed by atoms with Crippen molar-refractivity contribution >= 4 is 40.1 Å². The largest absolute Gasteiger partial charge is 0.451 e. The number of para-hydroxylation sites is 1. The zero-order valence-corrected chi connectivity index (χ0v) is 18.0. The van der Waals surface area contributed by atoms with E-state index in [1.165, 1.54) is 0 Å². The molecular weight excluding hydrogens is 426 g/mol. The Bertz CT molecular complexity index is 1350. The van der Waals surface area contributed by atoms with Crippen LogP contribution in [0.5, 0.6) is 0 Å². The monoisotopic (exact) mass is 445 g/mol. The first-order valence-electron chi connectivity index (χ1n) is 9.75. The van der Waals surface area contributed by atoms with Crippen LogP contribution in [-0.4, -0.2) is 34.5 Å². The van der Waals surface area contributed by atoms with Crippen molar-refractivity contribution in [3.8, 4) is 5.69 Å². The maximum Gasteiger partial charge on any atom is 0.359 e. The third kappa shape index (κ3) is 4.55. The molecule has 0 fully saturated rings. The van der Waals surface area contributed by atoms with E-state index in [0.717, 1.165) is 9.58 Å². The van der Waals surface area contributed by atoms with Crippen LogP contribution >= 0.6 is 11.8 Å². The first-order chi connectivity index (χ1) is 15.6. The van der Waals surface area contributed by atoms with Gasteiger partial charge < -0.3 is 10.1 Å². The van der Waals surface area contributed by atoms with Crippen molar-refractivity contribution in [3.63, 3.8) is 0 Å². The lowest BCUT2D eigenvalue weighted by atomic mass is 10.1. The van der Waals surface area contributed by atoms with E-state index < -0.39 is 18.5 Å². The molecular formula is C24H19N3O4S. The number of benzene rings is 3. The Morgan fingerprint density at radius 3 is 2.44 bits per heavy atom. The molecule has 1 heterocycles. The zero-order chi connectivity index (χ0) is 22.5. The lowest BCUT2D eigenvalue weighted by molar-refractivity contribution is -0.119. The Balaban J connectivity index is 1.58. The van der Waals surface area contributed by atoms with Crippen molar-refractivity contribution < 1.29 is 14.3 Å². The molecule has 32 heavy (non-hydrogen) atoms. The Hall–Kier alpha value is -3.91. The highest BCUT2D eigenvalue weighted by atomic mass is 32.2. The van der Waals surface area contributed by atoms with E-state index in [1.807, 2.05) is 30.5 Å². The van der Waals surface area contributed by atoms with Crippen LogP contribution in [0, 0.1) is 0 Å². The van der Waals surface area contributed by atoms with Crippen LogP contribution in [0.2, 0.25) is 0 Å². The Kier molecular flexibility index (Phi) is 6.32. The molecule has 0 aliphatic carbocycles. The molecule has 1 amide bonds. The number of anilines is 1. The van der Waals surface area contributed by atoms with Crippen molar-refractivity contribution in [1.29, 1.82) is 0 Å². The fourth-order valence-electron chi connectivity index (χ4n) is 3.18. The van der Waals surface area contributed by atoms with Gasteiger partial charge in [0.2, 0.25) is 0 Å². The minimum atomic E-state index is -0.793. The van der Waals surface area contributed by atoms with E-state index in [0.29, 0.717) is 22.1 Å². The maximum atomic E-state index is 12.9. The summed E-state index contributed by atoms with van der Waals surface area (Å²) in [6, 6.07) is 22.8. The molecule has 0 aliphatic rings. The number of hydrogen-bond donors (Lipinski definition) is 1. The molecule has 0 spiro atoms. The topological polar surface area (TPSA) is 90.3 Å². The van der Waals surface area contributed by atoms with E-state index in [4.69, 9.17) is 4.74 Å². The Morgan fingerprint density at radius 2 is 1.69 bits per heavy atom. The summed E-state index contributed by atoms with van der Waals surface area (Å²) in [5.41, 5.74) is 0.735. The number of carbonyl (C=O) groups is 2. The summed E-state index contributed by atoms with van der Waals surface area (Å²) in [6.07, 6.45) is 1.94. The number of carbonyl (C=O) groups excluding carboxylic acids is 2. The molecule has 160 valence electrons. The Labute approximate surface area is 188 Å². The molecule has 0 unspecified atom stereocenters. The van der Waals surface area contributed by atoms with Gasteiger partial charge in [-0.15, -0.1) is 11.8 Å². The van der Waals surface area contributed by atoms with Gasteiger partial charge in [-0.3, -0.25) is 9.59 Å². The molecule has 0 saturated heterocycles. The summed E-state index contributed by atoms with van der Waals surface area (Å²) in [7, 11) is 0. The van der Waals surface area contributed by atoms with E-state index >= 15 is 0 Å². The van der Waals surface area contributed by atoms with Crippen LogP contribution in [-0.2, 0) is 9.53 Å². The average Bonchev–Trinajstić information content (AvgIpc) is 2.83. The molecule has 1 aromatic heterocycles. The highest BCUT2D eigenvalue weighted by Gasteiger charge is 2.19. The van der Waals surface area contributed by atoms with Crippen LogP contribution in [0.25, 0.3) is 16.5 Å². The van der Waals surface area contributed by atoms with Gasteiger partial charge in [-0.25, -0.2) is 4.79 Å². The van der Waals surface area contributed by atoms with Gasteiger partial charge in [0.25, 0.3) is 11.5 Å². The number of thioether (sulfide) groups is 1. The fourth-order valence-corrected chi connectivity index (χ4v) is 3.64. The van der Waals surface area contributed by atoms with Gasteiger partial charge in [-0.05, 0) is 42.7 Å². The van der Waals surface area contributed by atoms with Crippen molar-refractivity contribution in [1.82, 2.24) is 9.78 Å². The van der Waals surface area contributed by atoms with Crippen LogP contribution in [0.1, 0.15) is 10.5 Å². The van der Waals surface area contributed by atoms with Crippen LogP contribution in [0.15, 0.2) is 88.6 Å². The highest BCUT2D eigenvalue weighted by Crippen LogP contribution is 2.19. The zero-order valence-electron chi connectivity index (χ0n) is 17.1. The smallest absolute Gasteiger partial charge is 0.359 e. The molecule has 0 aliphatic heterocycles. The number of esters is 1. The number of ether oxygens (including phenoxy) is 1. The second-order valence-corrected chi connectivity index (χ2v) is 7.68. The number of hydrogen-bond acceptors (Lipinski definition) is 6. The minimum Gasteiger partial charge on any atom is -0.451 e. The predicted molar refractivity (Wildman–Crippen MR) is 124 cm³/mol. The summed E-state index contributed by atoms with van der Waals surface area (Å²) in [5, 5.41) is 7.65. The highest BCUT2D eigenvalue weighted by molar-refractivity contribution is 7.98. The molecule has 0 radical (unpaired) electrons. The number of rotatable bonds is 6. The van der Waals surface area contributed by atoms with Crippen molar-refractivity contribution in [3.05, 3.63) is 94.9 Å².